The quantitative estimate of drug-likeness (QED) is 0.576. The zero-order valence-electron chi connectivity index (χ0n) is 14.5. The lowest BCUT2D eigenvalue weighted by atomic mass is 9.91. The third kappa shape index (κ3) is 4.03. The van der Waals surface area contributed by atoms with Gasteiger partial charge in [0.05, 0.1) is 9.82 Å². The minimum atomic E-state index is -3.63. The van der Waals surface area contributed by atoms with Gasteiger partial charge in [-0.05, 0) is 37.8 Å². The molecule has 0 saturated heterocycles. The molecule has 0 spiro atoms. The van der Waals surface area contributed by atoms with Crippen LogP contribution >= 0.6 is 0 Å². The number of nitro groups is 1. The fourth-order valence-corrected chi connectivity index (χ4v) is 6.15. The lowest BCUT2D eigenvalue weighted by Gasteiger charge is -2.40. The highest BCUT2D eigenvalue weighted by atomic mass is 32.2. The van der Waals surface area contributed by atoms with E-state index >= 15 is 0 Å². The number of nitro benzene ring substituents is 1. The van der Waals surface area contributed by atoms with Crippen molar-refractivity contribution in [3.8, 4) is 0 Å². The van der Waals surface area contributed by atoms with Crippen molar-refractivity contribution in [2.75, 3.05) is 0 Å². The van der Waals surface area contributed by atoms with Gasteiger partial charge in [0.15, 0.2) is 0 Å². The number of nitrogens with zero attached hydrogens (tertiary/aromatic N) is 2. The van der Waals surface area contributed by atoms with Crippen LogP contribution in [-0.2, 0) is 10.0 Å². The summed E-state index contributed by atoms with van der Waals surface area (Å²) < 4.78 is 28.5. The first kappa shape index (κ1) is 18.3. The summed E-state index contributed by atoms with van der Waals surface area (Å²) in [7, 11) is -3.63. The van der Waals surface area contributed by atoms with Gasteiger partial charge in [-0.25, -0.2) is 8.42 Å². The van der Waals surface area contributed by atoms with Crippen LogP contribution in [0.4, 0.5) is 5.69 Å². The van der Waals surface area contributed by atoms with E-state index in [-0.39, 0.29) is 22.7 Å². The maximum Gasteiger partial charge on any atom is 0.269 e. The van der Waals surface area contributed by atoms with Crippen LogP contribution in [0.3, 0.4) is 0 Å². The van der Waals surface area contributed by atoms with Crippen molar-refractivity contribution in [2.45, 2.75) is 81.2 Å². The van der Waals surface area contributed by atoms with Gasteiger partial charge in [0.2, 0.25) is 10.0 Å². The largest absolute Gasteiger partial charge is 0.269 e. The van der Waals surface area contributed by atoms with Gasteiger partial charge in [0.25, 0.3) is 5.69 Å². The van der Waals surface area contributed by atoms with Crippen LogP contribution in [-0.4, -0.2) is 29.7 Å². The summed E-state index contributed by atoms with van der Waals surface area (Å²) in [6, 6.07) is 5.46. The Kier molecular flexibility index (Phi) is 5.74. The molecule has 0 bridgehead atoms. The predicted octanol–water partition coefficient (Wildman–Crippen LogP) is 4.25. The summed E-state index contributed by atoms with van der Waals surface area (Å²) >= 11 is 0. The zero-order valence-corrected chi connectivity index (χ0v) is 15.3. The van der Waals surface area contributed by atoms with Gasteiger partial charge in [-0.1, -0.05) is 38.5 Å². The second-order valence-electron chi connectivity index (χ2n) is 7.17. The van der Waals surface area contributed by atoms with Crippen LogP contribution in [0.2, 0.25) is 0 Å². The Labute approximate surface area is 149 Å². The smallest absolute Gasteiger partial charge is 0.258 e. The Morgan fingerprint density at radius 1 is 0.840 bits per heavy atom. The van der Waals surface area contributed by atoms with Gasteiger partial charge in [-0.15, -0.1) is 0 Å². The van der Waals surface area contributed by atoms with Crippen LogP contribution in [0.5, 0.6) is 0 Å². The molecule has 0 aliphatic heterocycles. The molecule has 2 aliphatic carbocycles. The van der Waals surface area contributed by atoms with Crippen LogP contribution in [0.1, 0.15) is 64.2 Å². The Bertz CT molecular complexity index is 672. The summed E-state index contributed by atoms with van der Waals surface area (Å²) in [6.45, 7) is 0. The Hall–Kier alpha value is -1.47. The standard InChI is InChI=1S/C18H26N2O4S/c21-20(22)17-11-13-18(14-12-17)25(23,24)19(15-7-3-1-4-8-15)16-9-5-2-6-10-16/h11-16H,1-10H2. The highest BCUT2D eigenvalue weighted by Crippen LogP contribution is 2.35. The molecule has 0 aromatic heterocycles. The molecule has 6 nitrogen and oxygen atoms in total. The molecule has 0 amide bonds. The van der Waals surface area contributed by atoms with Gasteiger partial charge >= 0.3 is 0 Å². The number of sulfonamides is 1. The molecule has 138 valence electrons. The lowest BCUT2D eigenvalue weighted by molar-refractivity contribution is -0.384. The first-order valence-electron chi connectivity index (χ1n) is 9.28. The summed E-state index contributed by atoms with van der Waals surface area (Å²) in [5, 5.41) is 10.8. The third-order valence-corrected chi connectivity index (χ3v) is 7.51. The van der Waals surface area contributed by atoms with Crippen molar-refractivity contribution in [1.29, 1.82) is 0 Å². The number of benzene rings is 1. The van der Waals surface area contributed by atoms with Crippen molar-refractivity contribution in [1.82, 2.24) is 4.31 Å². The van der Waals surface area contributed by atoms with E-state index in [0.29, 0.717) is 0 Å². The molecular weight excluding hydrogens is 340 g/mol. The van der Waals surface area contributed by atoms with Gasteiger partial charge in [0, 0.05) is 24.2 Å². The van der Waals surface area contributed by atoms with Crippen LogP contribution in [0.15, 0.2) is 29.2 Å². The topological polar surface area (TPSA) is 80.5 Å². The van der Waals surface area contributed by atoms with Crippen LogP contribution < -0.4 is 0 Å². The average Bonchev–Trinajstić information content (AvgIpc) is 2.63. The van der Waals surface area contributed by atoms with E-state index < -0.39 is 14.9 Å². The zero-order chi connectivity index (χ0) is 17.9. The van der Waals surface area contributed by atoms with Crippen LogP contribution in [0.25, 0.3) is 0 Å². The molecule has 3 rings (SSSR count). The highest BCUT2D eigenvalue weighted by molar-refractivity contribution is 7.89. The van der Waals surface area contributed by atoms with E-state index in [0.717, 1.165) is 51.4 Å². The SMILES string of the molecule is O=[N+]([O-])c1ccc(S(=O)(=O)N(C2CCCCC2)C2CCCCC2)cc1. The summed E-state index contributed by atoms with van der Waals surface area (Å²) in [5.41, 5.74) is -0.0826. The lowest BCUT2D eigenvalue weighted by Crippen LogP contribution is -2.48. The summed E-state index contributed by atoms with van der Waals surface area (Å²) in [6.07, 6.45) is 10.3. The van der Waals surface area contributed by atoms with Crippen molar-refractivity contribution >= 4 is 15.7 Å². The van der Waals surface area contributed by atoms with Gasteiger partial charge in [-0.3, -0.25) is 10.1 Å². The number of non-ortho nitro benzene ring substituents is 1. The Morgan fingerprint density at radius 2 is 1.28 bits per heavy atom. The number of hydrogen-bond acceptors (Lipinski definition) is 4. The van der Waals surface area contributed by atoms with E-state index in [9.17, 15) is 18.5 Å². The van der Waals surface area contributed by atoms with Crippen molar-refractivity contribution < 1.29 is 13.3 Å². The first-order valence-corrected chi connectivity index (χ1v) is 10.7. The van der Waals surface area contributed by atoms with Crippen molar-refractivity contribution in [2.24, 2.45) is 0 Å². The van der Waals surface area contributed by atoms with Crippen molar-refractivity contribution in [3.63, 3.8) is 0 Å². The van der Waals surface area contributed by atoms with E-state index in [1.807, 2.05) is 0 Å². The fraction of sp³-hybridized carbons (Fsp3) is 0.667. The molecule has 1 aromatic carbocycles. The molecule has 0 radical (unpaired) electrons. The third-order valence-electron chi connectivity index (χ3n) is 5.49. The summed E-state index contributed by atoms with van der Waals surface area (Å²) in [5.74, 6) is 0. The van der Waals surface area contributed by atoms with Gasteiger partial charge in [0.1, 0.15) is 0 Å². The predicted molar refractivity (Wildman–Crippen MR) is 95.9 cm³/mol. The fourth-order valence-electron chi connectivity index (χ4n) is 4.22. The Morgan fingerprint density at radius 3 is 1.68 bits per heavy atom. The van der Waals surface area contributed by atoms with Crippen molar-refractivity contribution in [3.05, 3.63) is 34.4 Å². The first-order chi connectivity index (χ1) is 12.0. The number of rotatable bonds is 5. The van der Waals surface area contributed by atoms with Crippen LogP contribution in [0, 0.1) is 10.1 Å². The molecule has 7 heteroatoms. The second kappa shape index (κ2) is 7.83. The maximum atomic E-state index is 13.4. The Balaban J connectivity index is 1.93. The average molecular weight is 366 g/mol. The molecule has 1 aromatic rings. The summed E-state index contributed by atoms with van der Waals surface area (Å²) in [4.78, 5) is 10.5. The van der Waals surface area contributed by atoms with E-state index in [1.54, 1.807) is 4.31 Å². The molecular formula is C18H26N2O4S. The molecule has 0 N–H and O–H groups in total. The van der Waals surface area contributed by atoms with E-state index in [1.165, 1.54) is 37.1 Å². The van der Waals surface area contributed by atoms with Gasteiger partial charge in [-0.2, -0.15) is 4.31 Å². The molecule has 0 unspecified atom stereocenters. The minimum Gasteiger partial charge on any atom is -0.258 e. The second-order valence-corrected chi connectivity index (χ2v) is 9.01. The minimum absolute atomic E-state index is 0.0667. The number of hydrogen-bond donors (Lipinski definition) is 0. The van der Waals surface area contributed by atoms with E-state index in [4.69, 9.17) is 0 Å². The van der Waals surface area contributed by atoms with Gasteiger partial charge < -0.3 is 0 Å². The molecule has 25 heavy (non-hydrogen) atoms. The molecule has 0 atom stereocenters. The monoisotopic (exact) mass is 366 g/mol. The molecule has 0 heterocycles. The molecule has 2 saturated carbocycles. The molecule has 2 fully saturated rings. The van der Waals surface area contributed by atoms with E-state index in [2.05, 4.69) is 0 Å². The highest BCUT2D eigenvalue weighted by Gasteiger charge is 2.38. The normalized spacial score (nSPS) is 20.7. The maximum absolute atomic E-state index is 13.4. The molecule has 2 aliphatic rings.